The third kappa shape index (κ3) is 1.69. The fourth-order valence-electron chi connectivity index (χ4n) is 2.08. The Balaban J connectivity index is 1.75. The second-order valence-electron chi connectivity index (χ2n) is 3.87. The molecule has 1 fully saturated rings. The van der Waals surface area contributed by atoms with E-state index in [0.29, 0.717) is 5.92 Å². The van der Waals surface area contributed by atoms with Crippen molar-refractivity contribution in [3.63, 3.8) is 0 Å². The third-order valence-electron chi connectivity index (χ3n) is 2.91. The topological polar surface area (TPSA) is 89.9 Å². The molecule has 0 bridgehead atoms. The molecule has 3 heterocycles. The van der Waals surface area contributed by atoms with Gasteiger partial charge >= 0.3 is 0 Å². The predicted octanol–water partition coefficient (Wildman–Crippen LogP) is 0.661. The van der Waals surface area contributed by atoms with E-state index in [2.05, 4.69) is 26.1 Å². The Bertz CT molecular complexity index is 386. The molecular weight excluding hydrogens is 210 g/mol. The summed E-state index contributed by atoms with van der Waals surface area (Å²) in [5.74, 6) is 1.92. The Morgan fingerprint density at radius 3 is 2.56 bits per heavy atom. The molecule has 1 saturated heterocycles. The average Bonchev–Trinajstić information content (AvgIpc) is 3.03. The van der Waals surface area contributed by atoms with E-state index in [0.717, 1.165) is 30.9 Å². The second-order valence-corrected chi connectivity index (χ2v) is 3.87. The minimum atomic E-state index is 0.138. The van der Waals surface area contributed by atoms with Gasteiger partial charge < -0.3 is 14.4 Å². The molecule has 1 aliphatic heterocycles. The lowest BCUT2D eigenvalue weighted by Crippen LogP contribution is -2.30. The van der Waals surface area contributed by atoms with E-state index in [-0.39, 0.29) is 6.04 Å². The Labute approximate surface area is 91.2 Å². The molecule has 0 aliphatic carbocycles. The standard InChI is InChI=1S/C9H11N5O2/c1-2-10-7(9-5-12-14-16-9)3-6(1)8-4-11-13-15-8/h4-7,10H,1-3H2. The van der Waals surface area contributed by atoms with Crippen molar-refractivity contribution in [3.8, 4) is 0 Å². The fourth-order valence-corrected chi connectivity index (χ4v) is 2.08. The van der Waals surface area contributed by atoms with Crippen molar-refractivity contribution in [1.29, 1.82) is 0 Å². The van der Waals surface area contributed by atoms with Crippen molar-refractivity contribution in [2.45, 2.75) is 24.8 Å². The molecule has 84 valence electrons. The molecule has 16 heavy (non-hydrogen) atoms. The first-order valence-electron chi connectivity index (χ1n) is 5.21. The lowest BCUT2D eigenvalue weighted by Gasteiger charge is -2.26. The number of hydrogen-bond donors (Lipinski definition) is 1. The van der Waals surface area contributed by atoms with Crippen LogP contribution in [0.1, 0.15) is 36.3 Å². The quantitative estimate of drug-likeness (QED) is 0.796. The molecule has 3 rings (SSSR count). The van der Waals surface area contributed by atoms with Crippen LogP contribution in [0.5, 0.6) is 0 Å². The molecule has 7 heteroatoms. The largest absolute Gasteiger partial charge is 0.342 e. The van der Waals surface area contributed by atoms with Gasteiger partial charge in [0.05, 0.1) is 18.4 Å². The highest BCUT2D eigenvalue weighted by atomic mass is 16.5. The summed E-state index contributed by atoms with van der Waals surface area (Å²) in [5.41, 5.74) is 0. The van der Waals surface area contributed by atoms with Crippen molar-refractivity contribution in [2.24, 2.45) is 0 Å². The van der Waals surface area contributed by atoms with E-state index >= 15 is 0 Å². The van der Waals surface area contributed by atoms with Crippen LogP contribution in [-0.4, -0.2) is 27.3 Å². The number of nitrogens with one attached hydrogen (secondary N) is 1. The van der Waals surface area contributed by atoms with Gasteiger partial charge in [0.2, 0.25) is 0 Å². The van der Waals surface area contributed by atoms with Crippen molar-refractivity contribution in [1.82, 2.24) is 26.1 Å². The van der Waals surface area contributed by atoms with Gasteiger partial charge in [-0.05, 0) is 19.4 Å². The monoisotopic (exact) mass is 221 g/mol. The zero-order valence-corrected chi connectivity index (χ0v) is 8.54. The summed E-state index contributed by atoms with van der Waals surface area (Å²) in [5, 5.41) is 17.7. The molecule has 1 N–H and O–H groups in total. The first kappa shape index (κ1) is 9.46. The smallest absolute Gasteiger partial charge is 0.174 e. The minimum Gasteiger partial charge on any atom is -0.342 e. The lowest BCUT2D eigenvalue weighted by atomic mass is 9.90. The Morgan fingerprint density at radius 1 is 1.12 bits per heavy atom. The maximum absolute atomic E-state index is 5.09. The van der Waals surface area contributed by atoms with Gasteiger partial charge in [0.25, 0.3) is 0 Å². The Hall–Kier alpha value is -1.76. The van der Waals surface area contributed by atoms with E-state index in [1.165, 1.54) is 0 Å². The number of hydrogen-bond acceptors (Lipinski definition) is 7. The number of nitrogens with zero attached hydrogens (tertiary/aromatic N) is 4. The zero-order valence-electron chi connectivity index (χ0n) is 8.54. The molecule has 2 aromatic rings. The summed E-state index contributed by atoms with van der Waals surface area (Å²) < 4.78 is 10.1. The highest BCUT2D eigenvalue weighted by molar-refractivity contribution is 5.06. The van der Waals surface area contributed by atoms with Crippen LogP contribution >= 0.6 is 0 Å². The highest BCUT2D eigenvalue weighted by Gasteiger charge is 2.28. The summed E-state index contributed by atoms with van der Waals surface area (Å²) >= 11 is 0. The number of rotatable bonds is 2. The van der Waals surface area contributed by atoms with Crippen LogP contribution in [0, 0.1) is 0 Å². The highest BCUT2D eigenvalue weighted by Crippen LogP contribution is 2.33. The van der Waals surface area contributed by atoms with Crippen molar-refractivity contribution in [3.05, 3.63) is 23.9 Å². The third-order valence-corrected chi connectivity index (χ3v) is 2.91. The van der Waals surface area contributed by atoms with E-state index in [4.69, 9.17) is 9.05 Å². The van der Waals surface area contributed by atoms with E-state index in [1.54, 1.807) is 12.4 Å². The van der Waals surface area contributed by atoms with Gasteiger partial charge in [-0.3, -0.25) is 0 Å². The van der Waals surface area contributed by atoms with E-state index in [9.17, 15) is 0 Å². The summed E-state index contributed by atoms with van der Waals surface area (Å²) in [7, 11) is 0. The van der Waals surface area contributed by atoms with Gasteiger partial charge in [0.1, 0.15) is 0 Å². The molecule has 2 atom stereocenters. The van der Waals surface area contributed by atoms with Gasteiger partial charge in [-0.15, -0.1) is 10.2 Å². The van der Waals surface area contributed by atoms with Crippen LogP contribution in [0.25, 0.3) is 0 Å². The average molecular weight is 221 g/mol. The van der Waals surface area contributed by atoms with Crippen LogP contribution in [0.15, 0.2) is 21.4 Å². The number of piperidine rings is 1. The summed E-state index contributed by atoms with van der Waals surface area (Å²) in [6, 6.07) is 0.138. The summed E-state index contributed by atoms with van der Waals surface area (Å²) in [6.45, 7) is 0.900. The normalized spacial score (nSPS) is 25.8. The molecule has 0 saturated carbocycles. The van der Waals surface area contributed by atoms with Crippen molar-refractivity contribution < 1.29 is 9.05 Å². The fraction of sp³-hybridized carbons (Fsp3) is 0.556. The predicted molar refractivity (Wildman–Crippen MR) is 51.3 cm³/mol. The Kier molecular flexibility index (Phi) is 2.37. The second kappa shape index (κ2) is 4.01. The van der Waals surface area contributed by atoms with Gasteiger partial charge in [-0.1, -0.05) is 0 Å². The Morgan fingerprint density at radius 2 is 1.88 bits per heavy atom. The van der Waals surface area contributed by atoms with Gasteiger partial charge in [-0.25, -0.2) is 0 Å². The molecule has 2 aromatic heterocycles. The number of aromatic nitrogens is 4. The SMILES string of the molecule is c1nnoc1C1CCNC(c2cnno2)C1. The molecule has 0 radical (unpaired) electrons. The molecule has 1 aliphatic rings. The van der Waals surface area contributed by atoms with Crippen LogP contribution < -0.4 is 5.32 Å². The van der Waals surface area contributed by atoms with Crippen molar-refractivity contribution >= 4 is 0 Å². The first-order valence-corrected chi connectivity index (χ1v) is 5.21. The molecule has 7 nitrogen and oxygen atoms in total. The maximum atomic E-state index is 5.09. The van der Waals surface area contributed by atoms with Crippen LogP contribution in [0.4, 0.5) is 0 Å². The molecule has 0 spiro atoms. The summed E-state index contributed by atoms with van der Waals surface area (Å²) in [6.07, 6.45) is 5.20. The van der Waals surface area contributed by atoms with Crippen LogP contribution in [0.2, 0.25) is 0 Å². The van der Waals surface area contributed by atoms with Crippen LogP contribution in [-0.2, 0) is 0 Å². The minimum absolute atomic E-state index is 0.138. The molecule has 2 unspecified atom stereocenters. The van der Waals surface area contributed by atoms with Gasteiger partial charge in [0, 0.05) is 16.5 Å². The summed E-state index contributed by atoms with van der Waals surface area (Å²) in [4.78, 5) is 0. The van der Waals surface area contributed by atoms with Gasteiger partial charge in [-0.2, -0.15) is 0 Å². The van der Waals surface area contributed by atoms with Gasteiger partial charge in [0.15, 0.2) is 11.5 Å². The van der Waals surface area contributed by atoms with Crippen molar-refractivity contribution in [2.75, 3.05) is 6.54 Å². The molecular formula is C9H11N5O2. The first-order chi connectivity index (χ1) is 7.93. The lowest BCUT2D eigenvalue weighted by molar-refractivity contribution is 0.256. The van der Waals surface area contributed by atoms with E-state index in [1.807, 2.05) is 0 Å². The molecule has 0 aromatic carbocycles. The van der Waals surface area contributed by atoms with E-state index < -0.39 is 0 Å². The zero-order chi connectivity index (χ0) is 10.8. The molecule has 0 amide bonds. The maximum Gasteiger partial charge on any atom is 0.174 e. The van der Waals surface area contributed by atoms with Crippen LogP contribution in [0.3, 0.4) is 0 Å².